The average Bonchev–Trinajstić information content (AvgIpc) is 3.24. The molecule has 0 atom stereocenters. The van der Waals surface area contributed by atoms with Gasteiger partial charge in [0.1, 0.15) is 19.8 Å². The van der Waals surface area contributed by atoms with Crippen LogP contribution >= 0.6 is 11.6 Å². The van der Waals surface area contributed by atoms with Crippen molar-refractivity contribution >= 4 is 55.0 Å². The van der Waals surface area contributed by atoms with Gasteiger partial charge in [0.05, 0.1) is 38.7 Å². The van der Waals surface area contributed by atoms with Crippen molar-refractivity contribution in [1.29, 1.82) is 5.26 Å². The third-order valence-electron chi connectivity index (χ3n) is 14.2. The number of rotatable bonds is 19. The van der Waals surface area contributed by atoms with Crippen molar-refractivity contribution in [3.05, 3.63) is 0 Å². The van der Waals surface area contributed by atoms with E-state index < -0.39 is 75.1 Å². The van der Waals surface area contributed by atoms with E-state index in [1.54, 1.807) is 11.0 Å². The van der Waals surface area contributed by atoms with Crippen LogP contribution in [-0.2, 0) is 53.6 Å². The molecule has 8 rings (SSSR count). The van der Waals surface area contributed by atoms with Crippen LogP contribution in [0, 0.1) is 57.7 Å². The topological polar surface area (TPSA) is 262 Å². The van der Waals surface area contributed by atoms with Gasteiger partial charge in [-0.05, 0) is 175 Å². The minimum atomic E-state index is -6.15. The molecule has 408 valence electrons. The number of aliphatic hydroxyl groups is 1. The van der Waals surface area contributed by atoms with Crippen molar-refractivity contribution < 1.29 is 116 Å². The van der Waals surface area contributed by atoms with E-state index in [0.29, 0.717) is 29.6 Å². The Labute approximate surface area is 445 Å². The molecule has 0 unspecified atom stereocenters. The Morgan fingerprint density at radius 1 is 0.648 bits per heavy atom. The number of carbonyl (C=O) groups excluding carboxylic acids is 4. The van der Waals surface area contributed by atoms with E-state index in [1.807, 2.05) is 0 Å². The van der Waals surface area contributed by atoms with E-state index in [9.17, 15) is 62.7 Å². The van der Waals surface area contributed by atoms with Crippen LogP contribution in [0.2, 0.25) is 0 Å². The van der Waals surface area contributed by atoms with Crippen molar-refractivity contribution in [2.45, 2.75) is 149 Å². The molecule has 0 aliphatic heterocycles. The zero-order chi connectivity index (χ0) is 53.7. The van der Waals surface area contributed by atoms with Crippen molar-refractivity contribution in [2.75, 3.05) is 65.7 Å². The molecule has 8 saturated carbocycles. The Morgan fingerprint density at radius 2 is 0.930 bits per heavy atom. The summed E-state index contributed by atoms with van der Waals surface area (Å²) in [6.07, 6.45) is 15.8. The summed E-state index contributed by atoms with van der Waals surface area (Å²) in [7, 11) is -12.2. The van der Waals surface area contributed by atoms with Crippen LogP contribution in [0.4, 0.5) is 17.6 Å². The molecule has 0 saturated heterocycles. The molecule has 0 aromatic carbocycles. The molecular weight excluding hydrogens is 1020 g/mol. The number of esters is 3. The monoisotopic (exact) mass is 1090 g/mol. The summed E-state index contributed by atoms with van der Waals surface area (Å²) in [6, 6.07) is 1.75. The maximum Gasteiger partial charge on any atom is 1.00 e. The second-order valence-corrected chi connectivity index (χ2v) is 22.6. The van der Waals surface area contributed by atoms with Crippen molar-refractivity contribution in [3.63, 3.8) is 0 Å². The van der Waals surface area contributed by atoms with E-state index in [2.05, 4.69) is 55.9 Å². The Morgan fingerprint density at radius 3 is 1.15 bits per heavy atom. The summed E-state index contributed by atoms with van der Waals surface area (Å²) < 4.78 is 123. The minimum absolute atomic E-state index is 0. The molecular formula is C46H77ClF4N3NaO14S2. The van der Waals surface area contributed by atoms with Gasteiger partial charge in [-0.2, -0.15) is 22.8 Å². The SMILES string of the molecule is CC#N.CCN(CC)CC.CC[NH+](CC)CC.O=C(CC12CC3CC(CC(C3)C1)C2)OCCOC(=O)C(F)(F)S(=O)(=O)[O-].O=C(Cl)CC12CC3CC(CC(C3)C1)C2.O=C(OCCO)C(F)(F)S(=O)(=O)[O-].[Na+]. The third-order valence-corrected chi connectivity index (χ3v) is 15.9. The van der Waals surface area contributed by atoms with Gasteiger partial charge in [-0.25, -0.2) is 26.4 Å². The number of carbonyl (C=O) groups is 4. The van der Waals surface area contributed by atoms with Crippen molar-refractivity contribution in [2.24, 2.45) is 46.3 Å². The van der Waals surface area contributed by atoms with Crippen molar-refractivity contribution in [1.82, 2.24) is 4.90 Å². The molecule has 0 aromatic rings. The van der Waals surface area contributed by atoms with E-state index in [0.717, 1.165) is 37.0 Å². The van der Waals surface area contributed by atoms with Crippen LogP contribution < -0.4 is 34.5 Å². The molecule has 71 heavy (non-hydrogen) atoms. The number of aliphatic hydroxyl groups excluding tert-OH is 1. The number of ether oxygens (including phenoxy) is 3. The van der Waals surface area contributed by atoms with Crippen LogP contribution in [0.15, 0.2) is 0 Å². The molecule has 8 aliphatic carbocycles. The normalized spacial score (nSPS) is 26.4. The van der Waals surface area contributed by atoms with E-state index in [1.165, 1.54) is 104 Å². The molecule has 0 heterocycles. The molecule has 0 amide bonds. The standard InChI is InChI=1S/C16H22F2O7S.C12H17ClO.2C6H15N.C4H6F2O6S.C2H3N.Na/c17-16(18,26(21,22)23)14(20)25-2-1-24-13(19)9-15-6-10-3-11(7-15)5-12(4-10)8-15;13-11(14)7-12-4-8-1-9(5-12)3-10(2-8)6-12;2*1-4-7(5-2)6-3;5-4(6,13(9,10)11)3(8)12-2-1-7;1-2-3;/h10-12H,1-9H2,(H,21,22,23);8-10H,1-7H2;2*4-6H2,1-3H3;7H,1-2H2,(H,9,10,11);1H3;/q;;;;;;+1/p-1. The molecule has 25 heteroatoms. The Kier molecular flexibility index (Phi) is 31.2. The summed E-state index contributed by atoms with van der Waals surface area (Å²) >= 11 is 5.57. The van der Waals surface area contributed by atoms with Gasteiger partial charge >= 0.3 is 58.0 Å². The maximum absolute atomic E-state index is 12.9. The summed E-state index contributed by atoms with van der Waals surface area (Å²) in [6.45, 7) is 19.3. The van der Waals surface area contributed by atoms with Gasteiger partial charge in [-0.3, -0.25) is 9.59 Å². The Hall–Kier alpha value is -1.72. The van der Waals surface area contributed by atoms with Crippen LogP contribution in [0.25, 0.3) is 0 Å². The van der Waals surface area contributed by atoms with Gasteiger partial charge in [0, 0.05) is 13.3 Å². The summed E-state index contributed by atoms with van der Waals surface area (Å²) in [5.74, 6) is -0.636. The first-order valence-corrected chi connectivity index (χ1v) is 27.5. The fourth-order valence-corrected chi connectivity index (χ4v) is 12.7. The van der Waals surface area contributed by atoms with Crippen LogP contribution in [-0.4, -0.2) is 135 Å². The molecule has 8 fully saturated rings. The molecule has 8 bridgehead atoms. The Balaban J connectivity index is 0.000000929. The zero-order valence-electron chi connectivity index (χ0n) is 42.8. The second-order valence-electron chi connectivity index (χ2n) is 19.4. The number of quaternary nitrogens is 1. The smallest absolute Gasteiger partial charge is 0.743 e. The molecule has 2 N–H and O–H groups in total. The predicted octanol–water partition coefficient (Wildman–Crippen LogP) is 2.65. The number of hydrogen-bond donors (Lipinski definition) is 2. The Bertz CT molecular complexity index is 1830. The van der Waals surface area contributed by atoms with Gasteiger partial charge < -0.3 is 38.2 Å². The maximum atomic E-state index is 12.9. The molecule has 0 radical (unpaired) electrons. The number of nitriles is 1. The summed E-state index contributed by atoms with van der Waals surface area (Å²) in [5, 5.41) is 4.98. The number of halogens is 5. The fourth-order valence-electron chi connectivity index (χ4n) is 11.9. The van der Waals surface area contributed by atoms with Gasteiger partial charge in [-0.15, -0.1) is 0 Å². The predicted molar refractivity (Wildman–Crippen MR) is 248 cm³/mol. The number of nitrogens with zero attached hydrogens (tertiary/aromatic N) is 2. The molecule has 0 aromatic heterocycles. The van der Waals surface area contributed by atoms with Crippen LogP contribution in [0.3, 0.4) is 0 Å². The average molecular weight is 1090 g/mol. The first kappa shape index (κ1) is 69.3. The third kappa shape index (κ3) is 22.6. The largest absolute Gasteiger partial charge is 1.00 e. The van der Waals surface area contributed by atoms with E-state index in [4.69, 9.17) is 26.7 Å². The van der Waals surface area contributed by atoms with Crippen molar-refractivity contribution in [3.8, 4) is 6.07 Å². The number of nitrogens with one attached hydrogen (secondary N) is 1. The van der Waals surface area contributed by atoms with E-state index >= 15 is 0 Å². The fraction of sp³-hybridized carbons (Fsp3) is 0.891. The van der Waals surface area contributed by atoms with Gasteiger partial charge in [0.2, 0.25) is 5.24 Å². The summed E-state index contributed by atoms with van der Waals surface area (Å²) in [4.78, 5) is 48.4. The second kappa shape index (κ2) is 32.0. The first-order chi connectivity index (χ1) is 32.5. The minimum Gasteiger partial charge on any atom is -0.743 e. The van der Waals surface area contributed by atoms with Crippen LogP contribution in [0.1, 0.15) is 138 Å². The van der Waals surface area contributed by atoms with Crippen LogP contribution in [0.5, 0.6) is 0 Å². The summed E-state index contributed by atoms with van der Waals surface area (Å²) in [5.41, 5.74) is 0.305. The quantitative estimate of drug-likeness (QED) is 0.0358. The van der Waals surface area contributed by atoms with Gasteiger partial charge in [0.15, 0.2) is 20.2 Å². The van der Waals surface area contributed by atoms with Gasteiger partial charge in [-0.1, -0.05) is 20.8 Å². The molecule has 17 nitrogen and oxygen atoms in total. The number of hydrogen-bond acceptors (Lipinski definition) is 16. The van der Waals surface area contributed by atoms with Gasteiger partial charge in [0.25, 0.3) is 0 Å². The van der Waals surface area contributed by atoms with E-state index in [-0.39, 0.29) is 46.6 Å². The molecule has 0 spiro atoms. The molecule has 8 aliphatic rings. The first-order valence-electron chi connectivity index (χ1n) is 24.3. The zero-order valence-corrected chi connectivity index (χ0v) is 47.2. The number of alkyl halides is 4.